The van der Waals surface area contributed by atoms with Crippen molar-refractivity contribution in [3.63, 3.8) is 0 Å². The minimum atomic E-state index is -0.213. The van der Waals surface area contributed by atoms with E-state index < -0.39 is 0 Å². The molecule has 1 heterocycles. The van der Waals surface area contributed by atoms with E-state index in [1.54, 1.807) is 62.8 Å². The Kier molecular flexibility index (Phi) is 6.66. The fraction of sp³-hybridized carbons (Fsp3) is 0.129. The summed E-state index contributed by atoms with van der Waals surface area (Å²) in [6, 6.07) is 23.8. The van der Waals surface area contributed by atoms with Crippen LogP contribution in [0.25, 0.3) is 21.8 Å². The van der Waals surface area contributed by atoms with Crippen molar-refractivity contribution >= 4 is 45.0 Å². The molecular formula is C31H27N3O4. The van der Waals surface area contributed by atoms with E-state index in [-0.39, 0.29) is 11.8 Å². The Balaban J connectivity index is 1.44. The number of ether oxygens (including phenoxy) is 2. The van der Waals surface area contributed by atoms with Crippen LogP contribution in [0.15, 0.2) is 78.9 Å². The molecule has 0 radical (unpaired) electrons. The zero-order valence-electron chi connectivity index (χ0n) is 21.6. The van der Waals surface area contributed by atoms with Gasteiger partial charge in [0.1, 0.15) is 11.5 Å². The number of aromatic nitrogens is 1. The van der Waals surface area contributed by atoms with Crippen LogP contribution in [0, 0.1) is 13.8 Å². The fourth-order valence-electron chi connectivity index (χ4n) is 4.30. The normalized spacial score (nSPS) is 10.8. The number of carbonyl (C=O) groups excluding carboxylic acids is 2. The van der Waals surface area contributed by atoms with Crippen molar-refractivity contribution < 1.29 is 19.1 Å². The number of pyridine rings is 1. The summed E-state index contributed by atoms with van der Waals surface area (Å²) in [6.07, 6.45) is 0. The summed E-state index contributed by atoms with van der Waals surface area (Å²) in [7, 11) is 3.17. The minimum absolute atomic E-state index is 0.213. The maximum absolute atomic E-state index is 12.8. The van der Waals surface area contributed by atoms with Gasteiger partial charge in [-0.25, -0.2) is 4.98 Å². The van der Waals surface area contributed by atoms with Crippen LogP contribution < -0.4 is 20.1 Å². The summed E-state index contributed by atoms with van der Waals surface area (Å²) < 4.78 is 10.3. The van der Waals surface area contributed by atoms with Crippen LogP contribution in [0.3, 0.4) is 0 Å². The van der Waals surface area contributed by atoms with Crippen LogP contribution in [-0.4, -0.2) is 31.0 Å². The van der Waals surface area contributed by atoms with E-state index in [1.807, 2.05) is 38.1 Å². The second-order valence-electron chi connectivity index (χ2n) is 9.07. The molecule has 0 saturated heterocycles. The molecule has 0 spiro atoms. The number of hydrogen-bond acceptors (Lipinski definition) is 5. The van der Waals surface area contributed by atoms with Crippen molar-refractivity contribution in [3.8, 4) is 11.5 Å². The van der Waals surface area contributed by atoms with Gasteiger partial charge in [-0.15, -0.1) is 0 Å². The van der Waals surface area contributed by atoms with E-state index in [1.165, 1.54) is 0 Å². The van der Waals surface area contributed by atoms with Gasteiger partial charge in [0.25, 0.3) is 11.8 Å². The van der Waals surface area contributed by atoms with Crippen LogP contribution in [0.4, 0.5) is 11.4 Å². The molecule has 0 saturated carbocycles. The van der Waals surface area contributed by atoms with Crippen molar-refractivity contribution in [2.45, 2.75) is 13.8 Å². The van der Waals surface area contributed by atoms with Gasteiger partial charge in [0, 0.05) is 33.3 Å². The highest BCUT2D eigenvalue weighted by Crippen LogP contribution is 2.29. The van der Waals surface area contributed by atoms with Gasteiger partial charge in [0.05, 0.1) is 25.3 Å². The molecule has 5 aromatic rings. The predicted molar refractivity (Wildman–Crippen MR) is 151 cm³/mol. The number of aryl methyl sites for hydroxylation is 2. The number of carbonyl (C=O) groups is 2. The number of fused-ring (bicyclic) bond motifs is 2. The second-order valence-corrected chi connectivity index (χ2v) is 9.07. The highest BCUT2D eigenvalue weighted by atomic mass is 16.5. The van der Waals surface area contributed by atoms with E-state index in [0.29, 0.717) is 34.0 Å². The third-order valence-electron chi connectivity index (χ3n) is 6.50. The van der Waals surface area contributed by atoms with E-state index in [4.69, 9.17) is 14.5 Å². The summed E-state index contributed by atoms with van der Waals surface area (Å²) >= 11 is 0. The molecule has 0 bridgehead atoms. The lowest BCUT2D eigenvalue weighted by Gasteiger charge is -2.13. The number of amides is 2. The predicted octanol–water partition coefficient (Wildman–Crippen LogP) is 6.53. The molecule has 0 aliphatic rings. The lowest BCUT2D eigenvalue weighted by atomic mass is 10.0. The molecule has 0 fully saturated rings. The third kappa shape index (κ3) is 4.99. The lowest BCUT2D eigenvalue weighted by molar-refractivity contribution is 0.101. The van der Waals surface area contributed by atoms with E-state index in [2.05, 4.69) is 16.7 Å². The zero-order valence-corrected chi connectivity index (χ0v) is 21.6. The Morgan fingerprint density at radius 1 is 0.605 bits per heavy atom. The number of nitrogens with one attached hydrogen (secondary N) is 2. The van der Waals surface area contributed by atoms with Gasteiger partial charge in [0.2, 0.25) is 0 Å². The molecule has 1 aromatic heterocycles. The van der Waals surface area contributed by atoms with Crippen molar-refractivity contribution in [1.29, 1.82) is 0 Å². The smallest absolute Gasteiger partial charge is 0.255 e. The summed E-state index contributed by atoms with van der Waals surface area (Å²) in [4.78, 5) is 30.5. The van der Waals surface area contributed by atoms with E-state index >= 15 is 0 Å². The van der Waals surface area contributed by atoms with Crippen molar-refractivity contribution in [2.75, 3.05) is 24.9 Å². The molecule has 2 amide bonds. The minimum Gasteiger partial charge on any atom is -0.497 e. The highest BCUT2D eigenvalue weighted by molar-refractivity contribution is 6.07. The zero-order chi connectivity index (χ0) is 26.8. The Hall–Kier alpha value is -4.91. The van der Waals surface area contributed by atoms with Crippen LogP contribution >= 0.6 is 0 Å². The molecule has 190 valence electrons. The third-order valence-corrected chi connectivity index (χ3v) is 6.50. The molecule has 4 aromatic carbocycles. The largest absolute Gasteiger partial charge is 0.497 e. The Morgan fingerprint density at radius 2 is 1.00 bits per heavy atom. The summed E-state index contributed by atoms with van der Waals surface area (Å²) in [6.45, 7) is 3.91. The summed E-state index contributed by atoms with van der Waals surface area (Å²) in [5.41, 5.74) is 5.78. The van der Waals surface area contributed by atoms with Crippen molar-refractivity contribution in [1.82, 2.24) is 4.98 Å². The van der Waals surface area contributed by atoms with Crippen LogP contribution in [0.5, 0.6) is 11.5 Å². The van der Waals surface area contributed by atoms with Gasteiger partial charge in [-0.05, 0) is 104 Å². The van der Waals surface area contributed by atoms with Gasteiger partial charge in [-0.2, -0.15) is 0 Å². The van der Waals surface area contributed by atoms with Crippen LogP contribution in [-0.2, 0) is 0 Å². The number of rotatable bonds is 6. The first-order valence-electron chi connectivity index (χ1n) is 12.1. The second kappa shape index (κ2) is 10.2. The summed E-state index contributed by atoms with van der Waals surface area (Å²) in [5, 5.41) is 7.91. The van der Waals surface area contributed by atoms with E-state index in [0.717, 1.165) is 32.9 Å². The monoisotopic (exact) mass is 505 g/mol. The van der Waals surface area contributed by atoms with Gasteiger partial charge in [0.15, 0.2) is 0 Å². The average Bonchev–Trinajstić information content (AvgIpc) is 2.93. The average molecular weight is 506 g/mol. The van der Waals surface area contributed by atoms with Crippen LogP contribution in [0.2, 0.25) is 0 Å². The molecule has 7 nitrogen and oxygen atoms in total. The summed E-state index contributed by atoms with van der Waals surface area (Å²) in [5.74, 6) is 0.953. The van der Waals surface area contributed by atoms with Crippen molar-refractivity contribution in [3.05, 3.63) is 101 Å². The Bertz CT molecular complexity index is 1550. The molecular weight excluding hydrogens is 478 g/mol. The number of benzene rings is 4. The van der Waals surface area contributed by atoms with Gasteiger partial charge < -0.3 is 20.1 Å². The molecule has 7 heteroatoms. The standard InChI is InChI=1S/C31H27N3O4/c1-18-13-22-15-23-14-19(2)27(34-31(36)21-7-11-25(38-4)12-8-21)17-29(23)32-28(22)16-26(18)33-30(35)20-5-9-24(37-3)10-6-20/h5-17H,1-4H3,(H,33,35)(H,34,36). The van der Waals surface area contributed by atoms with E-state index in [9.17, 15) is 9.59 Å². The molecule has 2 N–H and O–H groups in total. The van der Waals surface area contributed by atoms with Gasteiger partial charge >= 0.3 is 0 Å². The molecule has 0 aliphatic carbocycles. The Morgan fingerprint density at radius 3 is 1.37 bits per heavy atom. The molecule has 5 rings (SSSR count). The van der Waals surface area contributed by atoms with Crippen molar-refractivity contribution in [2.24, 2.45) is 0 Å². The highest BCUT2D eigenvalue weighted by Gasteiger charge is 2.13. The SMILES string of the molecule is COc1ccc(C(=O)Nc2cc3nc4cc(NC(=O)c5ccc(OC)cc5)c(C)cc4cc3cc2C)cc1. The Labute approximate surface area is 220 Å². The topological polar surface area (TPSA) is 89.5 Å². The number of hydrogen-bond donors (Lipinski definition) is 2. The lowest BCUT2D eigenvalue weighted by Crippen LogP contribution is -2.13. The molecule has 0 atom stereocenters. The maximum Gasteiger partial charge on any atom is 0.255 e. The quantitative estimate of drug-likeness (QED) is 0.256. The first kappa shape index (κ1) is 24.8. The maximum atomic E-state index is 12.8. The first-order valence-corrected chi connectivity index (χ1v) is 12.1. The first-order chi connectivity index (χ1) is 18.3. The molecule has 38 heavy (non-hydrogen) atoms. The number of methoxy groups -OCH3 is 2. The number of anilines is 2. The van der Waals surface area contributed by atoms with Crippen LogP contribution in [0.1, 0.15) is 31.8 Å². The van der Waals surface area contributed by atoms with Gasteiger partial charge in [-0.1, -0.05) is 0 Å². The molecule has 0 unspecified atom stereocenters. The van der Waals surface area contributed by atoms with Gasteiger partial charge in [-0.3, -0.25) is 9.59 Å². The number of nitrogens with zero attached hydrogens (tertiary/aromatic N) is 1. The fourth-order valence-corrected chi connectivity index (χ4v) is 4.30. The molecule has 0 aliphatic heterocycles.